The normalized spacial score (nSPS) is 15.0. The topological polar surface area (TPSA) is 79.4 Å². The highest BCUT2D eigenvalue weighted by Gasteiger charge is 2.25. The number of rotatable bonds is 7. The quantitative estimate of drug-likeness (QED) is 0.503. The molecule has 6 nitrogen and oxygen atoms in total. The molecule has 1 fully saturated rings. The van der Waals surface area contributed by atoms with Gasteiger partial charge in [-0.05, 0) is 37.1 Å². The third-order valence-electron chi connectivity index (χ3n) is 4.97. The van der Waals surface area contributed by atoms with Gasteiger partial charge in [0.05, 0.1) is 16.3 Å². The van der Waals surface area contributed by atoms with Gasteiger partial charge in [0.2, 0.25) is 15.9 Å². The van der Waals surface area contributed by atoms with Crippen LogP contribution >= 0.6 is 23.1 Å². The van der Waals surface area contributed by atoms with E-state index in [4.69, 9.17) is 0 Å². The fourth-order valence-corrected chi connectivity index (χ4v) is 6.51. The Kier molecular flexibility index (Phi) is 7.06. The van der Waals surface area contributed by atoms with Gasteiger partial charge in [-0.3, -0.25) is 4.79 Å². The minimum atomic E-state index is -3.46. The van der Waals surface area contributed by atoms with Gasteiger partial charge < -0.3 is 5.32 Å². The van der Waals surface area contributed by atoms with Crippen molar-refractivity contribution in [3.8, 4) is 11.3 Å². The van der Waals surface area contributed by atoms with E-state index in [2.05, 4.69) is 10.3 Å². The first kappa shape index (κ1) is 22.0. The number of carbonyl (C=O) groups excluding carboxylic acids is 1. The van der Waals surface area contributed by atoms with Gasteiger partial charge in [0.15, 0.2) is 4.34 Å². The van der Waals surface area contributed by atoms with Crippen molar-refractivity contribution in [2.45, 2.75) is 28.5 Å². The van der Waals surface area contributed by atoms with Crippen molar-refractivity contribution >= 4 is 44.7 Å². The summed E-state index contributed by atoms with van der Waals surface area (Å²) >= 11 is 2.89. The number of thiazole rings is 1. The highest BCUT2D eigenvalue weighted by Crippen LogP contribution is 2.28. The molecule has 0 spiro atoms. The van der Waals surface area contributed by atoms with Crippen LogP contribution in [0, 0.1) is 0 Å². The molecular weight excluding hydrogens is 450 g/mol. The summed E-state index contributed by atoms with van der Waals surface area (Å²) in [5.74, 6) is 0.0725. The molecule has 162 valence electrons. The second-order valence-electron chi connectivity index (χ2n) is 7.19. The maximum absolute atomic E-state index is 12.7. The molecule has 2 heterocycles. The zero-order chi connectivity index (χ0) is 21.7. The second-order valence-corrected chi connectivity index (χ2v) is 11.2. The maximum atomic E-state index is 12.7. The molecule has 4 rings (SSSR count). The highest BCUT2D eigenvalue weighted by atomic mass is 32.2. The predicted molar refractivity (Wildman–Crippen MR) is 126 cm³/mol. The van der Waals surface area contributed by atoms with Gasteiger partial charge in [-0.1, -0.05) is 48.5 Å². The lowest BCUT2D eigenvalue weighted by Crippen LogP contribution is -2.35. The third kappa shape index (κ3) is 5.54. The number of sulfonamides is 1. The Morgan fingerprint density at radius 1 is 1.03 bits per heavy atom. The first-order valence-corrected chi connectivity index (χ1v) is 13.4. The smallest absolute Gasteiger partial charge is 0.243 e. The summed E-state index contributed by atoms with van der Waals surface area (Å²) < 4.78 is 27.8. The number of amides is 1. The Balaban J connectivity index is 1.31. The molecule has 0 bridgehead atoms. The van der Waals surface area contributed by atoms with E-state index in [0.29, 0.717) is 18.8 Å². The average molecular weight is 474 g/mol. The number of piperidine rings is 1. The third-order valence-corrected chi connectivity index (χ3v) is 8.90. The summed E-state index contributed by atoms with van der Waals surface area (Å²) in [6, 6.07) is 16.3. The largest absolute Gasteiger partial charge is 0.325 e. The molecule has 1 aliphatic rings. The summed E-state index contributed by atoms with van der Waals surface area (Å²) in [5.41, 5.74) is 2.53. The van der Waals surface area contributed by atoms with E-state index in [1.165, 1.54) is 23.1 Å². The number of nitrogens with zero attached hydrogens (tertiary/aromatic N) is 2. The van der Waals surface area contributed by atoms with Crippen LogP contribution in [0.4, 0.5) is 5.69 Å². The van der Waals surface area contributed by atoms with Crippen LogP contribution in [0.2, 0.25) is 0 Å². The Bertz CT molecular complexity index is 1120. The lowest BCUT2D eigenvalue weighted by atomic mass is 10.2. The lowest BCUT2D eigenvalue weighted by Gasteiger charge is -2.25. The van der Waals surface area contributed by atoms with Crippen LogP contribution < -0.4 is 5.32 Å². The van der Waals surface area contributed by atoms with E-state index in [-0.39, 0.29) is 16.6 Å². The van der Waals surface area contributed by atoms with Crippen molar-refractivity contribution in [2.24, 2.45) is 0 Å². The second kappa shape index (κ2) is 9.95. The summed E-state index contributed by atoms with van der Waals surface area (Å²) in [6.07, 6.45) is 2.87. The van der Waals surface area contributed by atoms with E-state index < -0.39 is 10.0 Å². The van der Waals surface area contributed by atoms with Crippen molar-refractivity contribution in [3.05, 3.63) is 60.0 Å². The van der Waals surface area contributed by atoms with Crippen LogP contribution in [0.1, 0.15) is 19.3 Å². The van der Waals surface area contributed by atoms with Crippen molar-refractivity contribution < 1.29 is 13.2 Å². The van der Waals surface area contributed by atoms with E-state index in [0.717, 1.165) is 34.9 Å². The van der Waals surface area contributed by atoms with Gasteiger partial charge in [-0.15, -0.1) is 11.3 Å². The van der Waals surface area contributed by atoms with Crippen molar-refractivity contribution in [2.75, 3.05) is 24.2 Å². The molecular formula is C22H23N3O3S3. The fraction of sp³-hybridized carbons (Fsp3) is 0.273. The molecule has 0 radical (unpaired) electrons. The Morgan fingerprint density at radius 2 is 1.74 bits per heavy atom. The number of carbonyl (C=O) groups is 1. The van der Waals surface area contributed by atoms with E-state index in [1.54, 1.807) is 28.6 Å². The Labute approximate surface area is 190 Å². The SMILES string of the molecule is O=C(CSc1nc(-c2ccccc2)cs1)Nc1ccc(S(=O)(=O)N2CCCCC2)cc1. The average Bonchev–Trinajstić information content (AvgIpc) is 3.28. The number of thioether (sulfide) groups is 1. The van der Waals surface area contributed by atoms with Gasteiger partial charge >= 0.3 is 0 Å². The lowest BCUT2D eigenvalue weighted by molar-refractivity contribution is -0.113. The highest BCUT2D eigenvalue weighted by molar-refractivity contribution is 8.01. The van der Waals surface area contributed by atoms with Gasteiger partial charge in [-0.25, -0.2) is 13.4 Å². The van der Waals surface area contributed by atoms with Gasteiger partial charge in [-0.2, -0.15) is 4.31 Å². The molecule has 9 heteroatoms. The molecule has 2 aromatic carbocycles. The summed E-state index contributed by atoms with van der Waals surface area (Å²) in [5, 5.41) is 4.80. The molecule has 1 aliphatic heterocycles. The summed E-state index contributed by atoms with van der Waals surface area (Å²) in [7, 11) is -3.46. The predicted octanol–water partition coefficient (Wildman–Crippen LogP) is 4.72. The van der Waals surface area contributed by atoms with Gasteiger partial charge in [0.25, 0.3) is 0 Å². The summed E-state index contributed by atoms with van der Waals surface area (Å²) in [4.78, 5) is 17.1. The van der Waals surface area contributed by atoms with Crippen LogP contribution in [-0.4, -0.2) is 42.5 Å². The molecule has 1 aromatic heterocycles. The van der Waals surface area contributed by atoms with Crippen LogP contribution in [0.5, 0.6) is 0 Å². The molecule has 1 N–H and O–H groups in total. The van der Waals surface area contributed by atoms with Crippen LogP contribution in [0.3, 0.4) is 0 Å². The molecule has 0 aliphatic carbocycles. The number of benzene rings is 2. The van der Waals surface area contributed by atoms with Crippen LogP contribution in [0.25, 0.3) is 11.3 Å². The molecule has 1 saturated heterocycles. The Hall–Kier alpha value is -2.20. The number of hydrogen-bond acceptors (Lipinski definition) is 6. The minimum Gasteiger partial charge on any atom is -0.325 e. The minimum absolute atomic E-state index is 0.159. The van der Waals surface area contributed by atoms with Crippen molar-refractivity contribution in [3.63, 3.8) is 0 Å². The molecule has 0 saturated carbocycles. The fourth-order valence-electron chi connectivity index (χ4n) is 3.35. The van der Waals surface area contributed by atoms with Gasteiger partial charge in [0.1, 0.15) is 0 Å². The van der Waals surface area contributed by atoms with Crippen molar-refractivity contribution in [1.82, 2.24) is 9.29 Å². The van der Waals surface area contributed by atoms with Crippen molar-refractivity contribution in [1.29, 1.82) is 0 Å². The zero-order valence-electron chi connectivity index (χ0n) is 16.9. The number of aromatic nitrogens is 1. The number of hydrogen-bond donors (Lipinski definition) is 1. The molecule has 0 atom stereocenters. The van der Waals surface area contributed by atoms with Gasteiger partial charge in [0, 0.05) is 29.7 Å². The molecule has 3 aromatic rings. The molecule has 31 heavy (non-hydrogen) atoms. The number of anilines is 1. The zero-order valence-corrected chi connectivity index (χ0v) is 19.3. The van der Waals surface area contributed by atoms with E-state index >= 15 is 0 Å². The van der Waals surface area contributed by atoms with Crippen LogP contribution in [0.15, 0.2) is 69.2 Å². The first-order chi connectivity index (χ1) is 15.0. The summed E-state index contributed by atoms with van der Waals surface area (Å²) in [6.45, 7) is 1.14. The molecule has 1 amide bonds. The number of nitrogens with one attached hydrogen (secondary N) is 1. The Morgan fingerprint density at radius 3 is 2.45 bits per heavy atom. The first-order valence-electron chi connectivity index (χ1n) is 10.1. The maximum Gasteiger partial charge on any atom is 0.243 e. The monoisotopic (exact) mass is 473 g/mol. The molecule has 0 unspecified atom stereocenters. The standard InChI is InChI=1S/C22H23N3O3S3/c26-21(16-30-22-24-20(15-29-22)17-7-3-1-4-8-17)23-18-9-11-19(12-10-18)31(27,28)25-13-5-2-6-14-25/h1,3-4,7-12,15H,2,5-6,13-14,16H2,(H,23,26). The van der Waals surface area contributed by atoms with E-state index in [9.17, 15) is 13.2 Å². The van der Waals surface area contributed by atoms with Crippen LogP contribution in [-0.2, 0) is 14.8 Å². The van der Waals surface area contributed by atoms with E-state index in [1.807, 2.05) is 35.7 Å².